The highest BCUT2D eigenvalue weighted by Crippen LogP contribution is 2.41. The number of hydrogen-bond donors (Lipinski definition) is 1. The molecule has 0 radical (unpaired) electrons. The van der Waals surface area contributed by atoms with Crippen LogP contribution in [0.15, 0.2) is 36.4 Å². The molecule has 0 unspecified atom stereocenters. The Morgan fingerprint density at radius 2 is 1.55 bits per heavy atom. The Labute approximate surface area is 201 Å². The molecule has 0 atom stereocenters. The van der Waals surface area contributed by atoms with E-state index in [4.69, 9.17) is 4.74 Å². The molecular weight excluding hydrogens is 404 g/mol. The van der Waals surface area contributed by atoms with Gasteiger partial charge in [-0.25, -0.2) is 0 Å². The zero-order valence-corrected chi connectivity index (χ0v) is 21.4. The maximum Gasteiger partial charge on any atom is 0.125 e. The largest absolute Gasteiger partial charge is 0.493 e. The Hall–Kier alpha value is -2.24. The van der Waals surface area contributed by atoms with Gasteiger partial charge in [0.1, 0.15) is 11.4 Å². The lowest BCUT2D eigenvalue weighted by molar-refractivity contribution is 0.0610. The minimum absolute atomic E-state index is 0.0367. The van der Waals surface area contributed by atoms with Crippen molar-refractivity contribution in [1.82, 2.24) is 0 Å². The third-order valence-corrected chi connectivity index (χ3v) is 7.58. The summed E-state index contributed by atoms with van der Waals surface area (Å²) in [6.07, 6.45) is 9.23. The highest BCUT2D eigenvalue weighted by molar-refractivity contribution is 5.50. The van der Waals surface area contributed by atoms with Gasteiger partial charge in [-0.15, -0.1) is 0 Å². The first-order chi connectivity index (χ1) is 15.9. The van der Waals surface area contributed by atoms with Gasteiger partial charge in [-0.3, -0.25) is 0 Å². The van der Waals surface area contributed by atoms with Crippen LogP contribution in [-0.2, 0) is 5.41 Å². The van der Waals surface area contributed by atoms with E-state index in [2.05, 4.69) is 82.9 Å². The summed E-state index contributed by atoms with van der Waals surface area (Å²) in [7, 11) is 0. The summed E-state index contributed by atoms with van der Waals surface area (Å²) in [6, 6.07) is 13.4. The van der Waals surface area contributed by atoms with E-state index in [-0.39, 0.29) is 5.41 Å². The molecule has 0 aromatic heterocycles. The number of aliphatic hydroxyl groups is 1. The van der Waals surface area contributed by atoms with Gasteiger partial charge in [0.25, 0.3) is 0 Å². The molecule has 3 rings (SSSR count). The van der Waals surface area contributed by atoms with Gasteiger partial charge < -0.3 is 9.84 Å². The van der Waals surface area contributed by atoms with Gasteiger partial charge in [-0.05, 0) is 93.2 Å². The van der Waals surface area contributed by atoms with E-state index in [1.807, 2.05) is 0 Å². The van der Waals surface area contributed by atoms with Crippen LogP contribution in [-0.4, -0.2) is 17.3 Å². The third-order valence-electron chi connectivity index (χ3n) is 7.58. The molecule has 33 heavy (non-hydrogen) atoms. The van der Waals surface area contributed by atoms with Crippen LogP contribution in [0.3, 0.4) is 0 Å². The van der Waals surface area contributed by atoms with E-state index in [9.17, 15) is 5.11 Å². The van der Waals surface area contributed by atoms with Crippen LogP contribution in [0.5, 0.6) is 5.75 Å². The average molecular weight is 447 g/mol. The molecule has 0 saturated heterocycles. The van der Waals surface area contributed by atoms with Crippen LogP contribution in [0, 0.1) is 25.7 Å². The molecule has 1 N–H and O–H groups in total. The topological polar surface area (TPSA) is 29.5 Å². The molecule has 1 saturated carbocycles. The second-order valence-corrected chi connectivity index (χ2v) is 9.84. The molecule has 1 aliphatic carbocycles. The molecule has 2 heteroatoms. The molecule has 1 fully saturated rings. The highest BCUT2D eigenvalue weighted by Gasteiger charge is 2.31. The van der Waals surface area contributed by atoms with Crippen LogP contribution >= 0.6 is 0 Å². The standard InChI is InChI=1S/C31H42O2/c1-6-9-21-33-29-16-15-28(23-25(29)5)31(7-2,8-3)27-14-13-26(24(4)22-27)17-20-30(32)18-11-10-12-19-30/h13-16,22-23,32H,6-12,18-19,21H2,1-5H3. The predicted molar refractivity (Wildman–Crippen MR) is 139 cm³/mol. The average Bonchev–Trinajstić information content (AvgIpc) is 2.81. The molecule has 0 amide bonds. The molecule has 2 aromatic rings. The Morgan fingerprint density at radius 1 is 0.909 bits per heavy atom. The van der Waals surface area contributed by atoms with Crippen molar-refractivity contribution in [3.05, 3.63) is 64.2 Å². The number of unbranched alkanes of at least 4 members (excludes halogenated alkanes) is 1. The summed E-state index contributed by atoms with van der Waals surface area (Å²) < 4.78 is 6.00. The molecule has 0 spiro atoms. The third kappa shape index (κ3) is 5.82. The summed E-state index contributed by atoms with van der Waals surface area (Å²) in [5.74, 6) is 7.50. The van der Waals surface area contributed by atoms with E-state index in [0.29, 0.717) is 0 Å². The minimum Gasteiger partial charge on any atom is -0.493 e. The summed E-state index contributed by atoms with van der Waals surface area (Å²) in [6.45, 7) is 11.8. The van der Waals surface area contributed by atoms with Gasteiger partial charge >= 0.3 is 0 Å². The second kappa shape index (κ2) is 11.3. The van der Waals surface area contributed by atoms with E-state index in [0.717, 1.165) is 69.3 Å². The molecule has 2 nitrogen and oxygen atoms in total. The van der Waals surface area contributed by atoms with E-state index < -0.39 is 5.60 Å². The van der Waals surface area contributed by atoms with E-state index >= 15 is 0 Å². The van der Waals surface area contributed by atoms with Gasteiger partial charge in [-0.1, -0.05) is 69.7 Å². The first-order valence-electron chi connectivity index (χ1n) is 13.0. The monoisotopic (exact) mass is 446 g/mol. The summed E-state index contributed by atoms with van der Waals surface area (Å²) in [5, 5.41) is 10.8. The van der Waals surface area contributed by atoms with Crippen LogP contribution in [0.1, 0.15) is 106 Å². The van der Waals surface area contributed by atoms with Crippen molar-refractivity contribution in [1.29, 1.82) is 0 Å². The first kappa shape index (κ1) is 25.4. The predicted octanol–water partition coefficient (Wildman–Crippen LogP) is 7.64. The number of ether oxygens (including phenoxy) is 1. The lowest BCUT2D eigenvalue weighted by atomic mass is 9.70. The fourth-order valence-electron chi connectivity index (χ4n) is 5.22. The number of benzene rings is 2. The Morgan fingerprint density at radius 3 is 2.12 bits per heavy atom. The molecule has 178 valence electrons. The Bertz CT molecular complexity index is 982. The van der Waals surface area contributed by atoms with Gasteiger partial charge in [0.2, 0.25) is 0 Å². The number of aryl methyl sites for hydroxylation is 2. The summed E-state index contributed by atoms with van der Waals surface area (Å²) in [5.41, 5.74) is 5.25. The smallest absolute Gasteiger partial charge is 0.125 e. The highest BCUT2D eigenvalue weighted by atomic mass is 16.5. The molecule has 0 heterocycles. The molecule has 1 aliphatic rings. The van der Waals surface area contributed by atoms with Crippen LogP contribution in [0.4, 0.5) is 0 Å². The van der Waals surface area contributed by atoms with Crippen LogP contribution in [0.2, 0.25) is 0 Å². The van der Waals surface area contributed by atoms with Crippen molar-refractivity contribution >= 4 is 0 Å². The van der Waals surface area contributed by atoms with Crippen molar-refractivity contribution < 1.29 is 9.84 Å². The lowest BCUT2D eigenvalue weighted by Crippen LogP contribution is -2.29. The van der Waals surface area contributed by atoms with Crippen molar-refractivity contribution in [3.8, 4) is 17.6 Å². The number of rotatable bonds is 8. The van der Waals surface area contributed by atoms with Crippen LogP contribution in [0.25, 0.3) is 0 Å². The normalized spacial score (nSPS) is 15.6. The van der Waals surface area contributed by atoms with Crippen molar-refractivity contribution in [2.24, 2.45) is 0 Å². The zero-order chi connectivity index (χ0) is 23.9. The molecular formula is C31H42O2. The fourth-order valence-corrected chi connectivity index (χ4v) is 5.22. The van der Waals surface area contributed by atoms with Gasteiger partial charge in [-0.2, -0.15) is 0 Å². The van der Waals surface area contributed by atoms with Gasteiger partial charge in [0.05, 0.1) is 6.61 Å². The number of hydrogen-bond acceptors (Lipinski definition) is 2. The summed E-state index contributed by atoms with van der Waals surface area (Å²) >= 11 is 0. The zero-order valence-electron chi connectivity index (χ0n) is 21.4. The van der Waals surface area contributed by atoms with E-state index in [1.54, 1.807) is 0 Å². The van der Waals surface area contributed by atoms with Crippen molar-refractivity contribution in [2.45, 2.75) is 103 Å². The molecule has 0 bridgehead atoms. The molecule has 0 aliphatic heterocycles. The Kier molecular flexibility index (Phi) is 8.66. The van der Waals surface area contributed by atoms with Gasteiger partial charge in [0, 0.05) is 11.0 Å². The van der Waals surface area contributed by atoms with Gasteiger partial charge in [0.15, 0.2) is 0 Å². The lowest BCUT2D eigenvalue weighted by Gasteiger charge is -2.34. The maximum absolute atomic E-state index is 10.8. The minimum atomic E-state index is -0.807. The first-order valence-corrected chi connectivity index (χ1v) is 13.0. The second-order valence-electron chi connectivity index (χ2n) is 9.84. The van der Waals surface area contributed by atoms with Crippen LogP contribution < -0.4 is 4.74 Å². The van der Waals surface area contributed by atoms with Crippen molar-refractivity contribution in [3.63, 3.8) is 0 Å². The molecule has 2 aromatic carbocycles. The SMILES string of the molecule is CCCCOc1ccc(C(CC)(CC)c2ccc(C#CC3(O)CCCCC3)c(C)c2)cc1C. The van der Waals surface area contributed by atoms with Crippen molar-refractivity contribution in [2.75, 3.05) is 6.61 Å². The maximum atomic E-state index is 10.8. The quantitative estimate of drug-likeness (QED) is 0.333. The fraction of sp³-hybridized carbons (Fsp3) is 0.548. The Balaban J connectivity index is 1.90. The van der Waals surface area contributed by atoms with E-state index in [1.165, 1.54) is 28.7 Å². The summed E-state index contributed by atoms with van der Waals surface area (Å²) in [4.78, 5) is 0.